The van der Waals surface area contributed by atoms with Crippen molar-refractivity contribution in [1.29, 1.82) is 0 Å². The number of hydrogen-bond acceptors (Lipinski definition) is 0. The van der Waals surface area contributed by atoms with E-state index >= 15 is 0 Å². The first-order chi connectivity index (χ1) is 34.5. The molecule has 0 N–H and O–H groups in total. The molecule has 0 spiro atoms. The fraction of sp³-hybridized carbons (Fsp3) is 0.235. The summed E-state index contributed by atoms with van der Waals surface area (Å²) in [6.45, 7) is 23.1. The Balaban J connectivity index is 1.28. The van der Waals surface area contributed by atoms with Gasteiger partial charge in [-0.3, -0.25) is 0 Å². The summed E-state index contributed by atoms with van der Waals surface area (Å²) >= 11 is -6.07. The number of halogens is 2. The van der Waals surface area contributed by atoms with Gasteiger partial charge in [0.15, 0.2) is 0 Å². The second kappa shape index (κ2) is 18.7. The standard InChI is InChI=1S/2C28H29.C12H9Si.2ClH.Zr/c2*1-18(2)23-14-24(19(3)4)16-26(15-23)28-20(5)11-12-22-13-25(17-27(22)28)21-9-7-6-8-10-21;1-3-7-11-9(5-1)10-6-2-4-8-12(10)13-11;;;/h2*6-19H,1-5H3;1-7H,13H2;2*1H;/q;;;;;+2/p-2. The molecule has 0 fully saturated rings. The molecule has 11 rings (SSSR count). The van der Waals surface area contributed by atoms with E-state index in [-0.39, 0.29) is 7.25 Å². The van der Waals surface area contributed by atoms with Crippen LogP contribution in [0.5, 0.6) is 0 Å². The predicted molar refractivity (Wildman–Crippen MR) is 315 cm³/mol. The van der Waals surface area contributed by atoms with Crippen LogP contribution in [0.3, 0.4) is 0 Å². The van der Waals surface area contributed by atoms with Gasteiger partial charge < -0.3 is 0 Å². The Morgan fingerprint density at radius 2 is 0.819 bits per heavy atom. The Labute approximate surface area is 440 Å². The van der Waals surface area contributed by atoms with E-state index in [4.69, 9.17) is 0 Å². The molecule has 2 unspecified atom stereocenters. The van der Waals surface area contributed by atoms with Gasteiger partial charge in [-0.25, -0.2) is 0 Å². The number of rotatable bonds is 11. The molecule has 2 aliphatic carbocycles. The summed E-state index contributed by atoms with van der Waals surface area (Å²) in [6.07, 6.45) is 5.05. The van der Waals surface area contributed by atoms with Crippen LogP contribution in [0, 0.1) is 13.8 Å². The second-order valence-electron chi connectivity index (χ2n) is 22.5. The first-order valence-corrected chi connectivity index (χ1v) is 38.2. The van der Waals surface area contributed by atoms with Gasteiger partial charge in [0.1, 0.15) is 0 Å². The average molecular weight is 1070 g/mol. The molecular formula is C68H67Cl2SiZr. The summed E-state index contributed by atoms with van der Waals surface area (Å²) in [5, 5.41) is 2.89. The monoisotopic (exact) mass is 1070 g/mol. The third kappa shape index (κ3) is 8.01. The van der Waals surface area contributed by atoms with Crippen molar-refractivity contribution in [1.82, 2.24) is 0 Å². The molecule has 8 aromatic rings. The molecule has 0 amide bonds. The normalized spacial score (nSPS) is 16.8. The Morgan fingerprint density at radius 1 is 0.417 bits per heavy atom. The van der Waals surface area contributed by atoms with E-state index in [0.717, 1.165) is 0 Å². The van der Waals surface area contributed by atoms with E-state index in [1.807, 2.05) is 0 Å². The van der Waals surface area contributed by atoms with Crippen LogP contribution in [-0.2, 0) is 16.4 Å². The zero-order valence-electron chi connectivity index (χ0n) is 43.7. The molecule has 0 radical (unpaired) electrons. The van der Waals surface area contributed by atoms with Gasteiger partial charge in [0, 0.05) is 0 Å². The molecule has 0 saturated heterocycles. The quantitative estimate of drug-likeness (QED) is 0.113. The van der Waals surface area contributed by atoms with Crippen LogP contribution < -0.4 is 13.6 Å². The Morgan fingerprint density at radius 3 is 1.25 bits per heavy atom. The van der Waals surface area contributed by atoms with Crippen molar-refractivity contribution >= 4 is 63.5 Å². The summed E-state index contributed by atoms with van der Waals surface area (Å²) in [5.41, 5.74) is 25.6. The minimum atomic E-state index is -6.07. The number of benzene rings is 8. The van der Waals surface area contributed by atoms with Crippen molar-refractivity contribution in [2.24, 2.45) is 0 Å². The first kappa shape index (κ1) is 49.1. The molecule has 1 heterocycles. The van der Waals surface area contributed by atoms with E-state index in [0.29, 0.717) is 23.7 Å². The summed E-state index contributed by atoms with van der Waals surface area (Å²) < 4.78 is 0.646. The van der Waals surface area contributed by atoms with Gasteiger partial charge in [-0.1, -0.05) is 0 Å². The number of fused-ring (bicyclic) bond motifs is 5. The van der Waals surface area contributed by atoms with Gasteiger partial charge in [0.25, 0.3) is 0 Å². The number of hydrogen-bond donors (Lipinski definition) is 0. The van der Waals surface area contributed by atoms with Crippen molar-refractivity contribution in [2.45, 2.75) is 100 Å². The van der Waals surface area contributed by atoms with Crippen LogP contribution in [0.15, 0.2) is 164 Å². The van der Waals surface area contributed by atoms with E-state index in [9.17, 15) is 17.0 Å². The van der Waals surface area contributed by atoms with Gasteiger partial charge >= 0.3 is 444 Å². The molecule has 8 aromatic carbocycles. The van der Waals surface area contributed by atoms with E-state index in [2.05, 4.69) is 245 Å². The van der Waals surface area contributed by atoms with Gasteiger partial charge in [0.2, 0.25) is 0 Å². The third-order valence-corrected chi connectivity index (χ3v) is 39.2. The molecule has 72 heavy (non-hydrogen) atoms. The van der Waals surface area contributed by atoms with Crippen LogP contribution in [0.2, 0.25) is 0 Å². The molecule has 0 aromatic heterocycles. The zero-order chi connectivity index (χ0) is 50.4. The topological polar surface area (TPSA) is 0 Å². The van der Waals surface area contributed by atoms with E-state index in [1.54, 1.807) is 0 Å². The molecular weight excluding hydrogens is 1010 g/mol. The third-order valence-electron chi connectivity index (χ3n) is 16.7. The maximum atomic E-state index is 9.76. The Kier molecular flexibility index (Phi) is 12.8. The van der Waals surface area contributed by atoms with Crippen molar-refractivity contribution in [2.75, 3.05) is 0 Å². The van der Waals surface area contributed by atoms with Crippen molar-refractivity contribution in [3.63, 3.8) is 0 Å². The average Bonchev–Trinajstić information content (AvgIpc) is 4.09. The summed E-state index contributed by atoms with van der Waals surface area (Å²) in [4.78, 5) is 0. The number of allylic oxidation sites excluding steroid dienone is 2. The molecule has 3 aliphatic rings. The predicted octanol–water partition coefficient (Wildman–Crippen LogP) is 17.4. The van der Waals surface area contributed by atoms with Crippen molar-refractivity contribution in [3.05, 3.63) is 231 Å². The second-order valence-corrected chi connectivity index (χ2v) is 45.0. The Hall–Kier alpha value is -5.08. The van der Waals surface area contributed by atoms with Gasteiger partial charge in [-0.05, 0) is 0 Å². The van der Waals surface area contributed by atoms with Crippen LogP contribution in [0.1, 0.15) is 153 Å². The molecule has 0 bridgehead atoms. The minimum absolute atomic E-state index is 0.293. The van der Waals surface area contributed by atoms with E-state index < -0.39 is 25.9 Å². The van der Waals surface area contributed by atoms with Crippen LogP contribution in [0.25, 0.3) is 56.7 Å². The van der Waals surface area contributed by atoms with Gasteiger partial charge in [-0.2, -0.15) is 0 Å². The molecule has 0 nitrogen and oxygen atoms in total. The molecule has 361 valence electrons. The van der Waals surface area contributed by atoms with Crippen LogP contribution in [-0.4, -0.2) is 9.52 Å². The number of aryl methyl sites for hydroxylation is 2. The van der Waals surface area contributed by atoms with Gasteiger partial charge in [-0.15, -0.1) is 0 Å². The fourth-order valence-corrected chi connectivity index (χ4v) is 39.9. The van der Waals surface area contributed by atoms with Crippen LogP contribution in [0.4, 0.5) is 0 Å². The summed E-state index contributed by atoms with van der Waals surface area (Å²) in [6, 6.07) is 62.5. The summed E-state index contributed by atoms with van der Waals surface area (Å²) in [7, 11) is 18.5. The first-order valence-electron chi connectivity index (χ1n) is 26.4. The maximum absolute atomic E-state index is 9.76. The summed E-state index contributed by atoms with van der Waals surface area (Å²) in [5.74, 6) is 1.55. The fourth-order valence-electron chi connectivity index (χ4n) is 12.8. The molecule has 0 saturated carbocycles. The van der Waals surface area contributed by atoms with Gasteiger partial charge in [0.05, 0.1) is 0 Å². The van der Waals surface area contributed by atoms with E-state index in [1.165, 1.54) is 125 Å². The molecule has 1 aliphatic heterocycles. The Bertz CT molecular complexity index is 3280. The van der Waals surface area contributed by atoms with Crippen molar-refractivity contribution < 1.29 is 16.4 Å². The SMILES string of the molecule is Cc1ccc2c(c1-c1cc(C(C)C)cc(C(C)C)c1)C=C(c1ccccc1)[CH]2[Zr]([Cl])([Cl])([c]1cccc2c1[SiH2]c1ccccc1-2)[CH]1C(c2ccccc2)=Cc2c1ccc(C)c2-c1cc(C(C)C)cc(C(C)C)c1. The molecule has 4 heteroatoms. The zero-order valence-corrected chi connectivity index (χ0v) is 49.1. The van der Waals surface area contributed by atoms with Crippen molar-refractivity contribution in [3.8, 4) is 33.4 Å². The van der Waals surface area contributed by atoms with Crippen LogP contribution >= 0.6 is 17.0 Å². The molecule has 2 atom stereocenters.